The van der Waals surface area contributed by atoms with E-state index in [1.54, 1.807) is 29.4 Å². The van der Waals surface area contributed by atoms with Crippen LogP contribution in [0.1, 0.15) is 6.42 Å². The molecule has 0 saturated carbocycles. The number of nitrogens with zero attached hydrogens (tertiary/aromatic N) is 7. The fraction of sp³-hybridized carbons (Fsp3) is 0.417. The monoisotopic (exact) mass is 576 g/mol. The van der Waals surface area contributed by atoms with Gasteiger partial charge in [0.15, 0.2) is 11.5 Å². The summed E-state index contributed by atoms with van der Waals surface area (Å²) < 4.78 is 41.6. The number of benzene rings is 1. The molecule has 1 saturated heterocycles. The number of hydrogen-bond donors (Lipinski definition) is 1. The minimum Gasteiger partial charge on any atom is -0.486 e. The Morgan fingerprint density at radius 3 is 2.74 bits per heavy atom. The summed E-state index contributed by atoms with van der Waals surface area (Å²) >= 11 is 6.32. The molecule has 208 valence electrons. The first kappa shape index (κ1) is 27.1. The molecule has 1 aromatic carbocycles. The van der Waals surface area contributed by atoms with Crippen molar-refractivity contribution in [2.45, 2.75) is 18.6 Å². The first-order valence-corrected chi connectivity index (χ1v) is 14.1. The molecule has 2 aliphatic heterocycles. The van der Waals surface area contributed by atoms with Crippen LogP contribution in [0.4, 0.5) is 5.82 Å². The van der Waals surface area contributed by atoms with Crippen LogP contribution in [0.25, 0.3) is 5.95 Å². The first-order chi connectivity index (χ1) is 18.7. The van der Waals surface area contributed by atoms with Crippen molar-refractivity contribution in [2.24, 2.45) is 0 Å². The lowest BCUT2D eigenvalue weighted by Gasteiger charge is -2.42. The number of halogens is 1. The summed E-state index contributed by atoms with van der Waals surface area (Å²) in [6, 6.07) is 8.45. The second kappa shape index (κ2) is 11.3. The van der Waals surface area contributed by atoms with Gasteiger partial charge in [-0.05, 0) is 12.1 Å². The first-order valence-electron chi connectivity index (χ1n) is 12.3. The molecule has 39 heavy (non-hydrogen) atoms. The van der Waals surface area contributed by atoms with Crippen LogP contribution < -0.4 is 19.7 Å². The Morgan fingerprint density at radius 1 is 1.21 bits per heavy atom. The Kier molecular flexibility index (Phi) is 7.88. The summed E-state index contributed by atoms with van der Waals surface area (Å²) in [5.41, 5.74) is 0. The Bertz CT molecular complexity index is 1420. The summed E-state index contributed by atoms with van der Waals surface area (Å²) in [5.74, 6) is 1.83. The van der Waals surface area contributed by atoms with Crippen molar-refractivity contribution in [1.82, 2.24) is 33.4 Å². The average molecular weight is 577 g/mol. The van der Waals surface area contributed by atoms with E-state index in [1.165, 1.54) is 18.4 Å². The minimum absolute atomic E-state index is 0.0195. The van der Waals surface area contributed by atoms with Gasteiger partial charge in [-0.3, -0.25) is 9.36 Å². The second-order valence-electron chi connectivity index (χ2n) is 9.32. The molecule has 3 aromatic rings. The van der Waals surface area contributed by atoms with E-state index in [0.717, 1.165) is 4.31 Å². The van der Waals surface area contributed by atoms with E-state index in [4.69, 9.17) is 21.1 Å². The number of fused-ring (bicyclic) bond motifs is 1. The molecule has 2 aliphatic rings. The van der Waals surface area contributed by atoms with Gasteiger partial charge in [-0.25, -0.2) is 9.97 Å². The van der Waals surface area contributed by atoms with Crippen LogP contribution in [-0.4, -0.2) is 101 Å². The molecule has 1 N–H and O–H groups in total. The van der Waals surface area contributed by atoms with Crippen LogP contribution in [0, 0.1) is 0 Å². The molecule has 0 spiro atoms. The zero-order valence-electron chi connectivity index (χ0n) is 21.5. The quantitative estimate of drug-likeness (QED) is 0.389. The van der Waals surface area contributed by atoms with Gasteiger partial charge in [0.05, 0.1) is 12.6 Å². The van der Waals surface area contributed by atoms with E-state index in [-0.39, 0.29) is 43.2 Å². The van der Waals surface area contributed by atoms with Gasteiger partial charge in [0.2, 0.25) is 11.9 Å². The third kappa shape index (κ3) is 6.08. The molecular formula is C24H29ClN8O5S. The number of carbonyl (C=O) groups is 1. The topological polar surface area (TPSA) is 135 Å². The normalized spacial score (nSPS) is 19.7. The van der Waals surface area contributed by atoms with E-state index >= 15 is 0 Å². The van der Waals surface area contributed by atoms with Crippen LogP contribution in [0.15, 0.2) is 49.1 Å². The number of rotatable bonds is 8. The molecule has 2 atom stereocenters. The van der Waals surface area contributed by atoms with Crippen molar-refractivity contribution < 1.29 is 22.7 Å². The van der Waals surface area contributed by atoms with Gasteiger partial charge >= 0.3 is 0 Å². The zero-order chi connectivity index (χ0) is 27.6. The average Bonchev–Trinajstić information content (AvgIpc) is 3.47. The van der Waals surface area contributed by atoms with E-state index in [9.17, 15) is 13.2 Å². The summed E-state index contributed by atoms with van der Waals surface area (Å²) in [6.07, 6.45) is 4.51. The molecule has 0 aliphatic carbocycles. The van der Waals surface area contributed by atoms with E-state index in [0.29, 0.717) is 36.4 Å². The van der Waals surface area contributed by atoms with Crippen molar-refractivity contribution in [3.8, 4) is 17.4 Å². The lowest BCUT2D eigenvalue weighted by Crippen LogP contribution is -2.58. The lowest BCUT2D eigenvalue weighted by molar-refractivity contribution is -0.122. The van der Waals surface area contributed by atoms with Gasteiger partial charge < -0.3 is 19.7 Å². The van der Waals surface area contributed by atoms with Crippen LogP contribution >= 0.6 is 11.6 Å². The lowest BCUT2D eigenvalue weighted by atomic mass is 10.1. The predicted molar refractivity (Wildman–Crippen MR) is 143 cm³/mol. The van der Waals surface area contributed by atoms with Crippen molar-refractivity contribution in [3.05, 3.63) is 54.2 Å². The fourth-order valence-corrected chi connectivity index (χ4v) is 5.76. The molecule has 4 heterocycles. The Balaban J connectivity index is 1.32. The van der Waals surface area contributed by atoms with Crippen molar-refractivity contribution in [1.29, 1.82) is 0 Å². The molecule has 1 amide bonds. The second-order valence-corrected chi connectivity index (χ2v) is 11.8. The number of amides is 1. The maximum absolute atomic E-state index is 13.1. The van der Waals surface area contributed by atoms with Crippen molar-refractivity contribution in [2.75, 3.05) is 51.8 Å². The molecule has 15 heteroatoms. The Morgan fingerprint density at radius 2 is 2.00 bits per heavy atom. The summed E-state index contributed by atoms with van der Waals surface area (Å²) in [7, 11) is -0.720. The zero-order valence-corrected chi connectivity index (χ0v) is 23.0. The number of imidazole rings is 1. The standard InChI is InChI=1S/C24H29ClN8O5S/c1-30(2)39(35,36)32-9-10-33(22-12-21(25)28-24(29-22)31-8-7-26-16-31)17(14-32)11-23(34)27-13-18-15-37-19-5-3-4-6-20(19)38-18/h3-8,12,16-18H,9-11,13-15H2,1-2H3,(H,27,34). The van der Waals surface area contributed by atoms with Gasteiger partial charge in [0.25, 0.3) is 10.2 Å². The highest BCUT2D eigenvalue weighted by Crippen LogP contribution is 2.31. The highest BCUT2D eigenvalue weighted by Gasteiger charge is 2.36. The smallest absolute Gasteiger partial charge is 0.281 e. The molecule has 2 unspecified atom stereocenters. The van der Waals surface area contributed by atoms with E-state index < -0.39 is 16.3 Å². The molecular weight excluding hydrogens is 548 g/mol. The Labute approximate surface area is 231 Å². The molecule has 2 aromatic heterocycles. The number of anilines is 1. The maximum Gasteiger partial charge on any atom is 0.281 e. The molecule has 5 rings (SSSR count). The number of carbonyl (C=O) groups excluding carboxylic acids is 1. The number of hydrogen-bond acceptors (Lipinski definition) is 9. The van der Waals surface area contributed by atoms with Crippen LogP contribution in [0.5, 0.6) is 11.5 Å². The van der Waals surface area contributed by atoms with E-state index in [1.807, 2.05) is 29.2 Å². The summed E-state index contributed by atoms with van der Waals surface area (Å²) in [4.78, 5) is 27.9. The SMILES string of the molecule is CN(C)S(=O)(=O)N1CCN(c2cc(Cl)nc(-n3ccnc3)n2)C(CC(=O)NCC2COc3ccccc3O2)C1. The van der Waals surface area contributed by atoms with Gasteiger partial charge in [-0.1, -0.05) is 23.7 Å². The molecule has 1 fully saturated rings. The van der Waals surface area contributed by atoms with Gasteiger partial charge in [0.1, 0.15) is 30.0 Å². The number of aromatic nitrogens is 4. The Hall–Kier alpha value is -3.46. The van der Waals surface area contributed by atoms with Crippen molar-refractivity contribution in [3.63, 3.8) is 0 Å². The summed E-state index contributed by atoms with van der Waals surface area (Å²) in [5, 5.41) is 3.12. The summed E-state index contributed by atoms with van der Waals surface area (Å²) in [6.45, 7) is 1.15. The number of piperazine rings is 1. The molecule has 0 bridgehead atoms. The fourth-order valence-electron chi connectivity index (χ4n) is 4.46. The minimum atomic E-state index is -3.68. The van der Waals surface area contributed by atoms with Gasteiger partial charge in [-0.15, -0.1) is 0 Å². The van der Waals surface area contributed by atoms with Crippen LogP contribution in [0.2, 0.25) is 5.15 Å². The number of ether oxygens (including phenoxy) is 2. The third-order valence-corrected chi connectivity index (χ3v) is 8.55. The van der Waals surface area contributed by atoms with Crippen LogP contribution in [-0.2, 0) is 15.0 Å². The highest BCUT2D eigenvalue weighted by atomic mass is 35.5. The number of nitrogens with one attached hydrogen (secondary N) is 1. The van der Waals surface area contributed by atoms with Gasteiger partial charge in [-0.2, -0.15) is 22.0 Å². The largest absolute Gasteiger partial charge is 0.486 e. The maximum atomic E-state index is 13.1. The molecule has 0 radical (unpaired) electrons. The van der Waals surface area contributed by atoms with Crippen molar-refractivity contribution >= 4 is 33.5 Å². The predicted octanol–water partition coefficient (Wildman–Crippen LogP) is 0.959. The number of para-hydroxylation sites is 2. The molecule has 13 nitrogen and oxygen atoms in total. The van der Waals surface area contributed by atoms with Crippen LogP contribution in [0.3, 0.4) is 0 Å². The van der Waals surface area contributed by atoms with Gasteiger partial charge in [0, 0.05) is 58.6 Å². The van der Waals surface area contributed by atoms with E-state index in [2.05, 4.69) is 20.3 Å². The third-order valence-electron chi connectivity index (χ3n) is 6.45. The highest BCUT2D eigenvalue weighted by molar-refractivity contribution is 7.86.